The average molecular weight is 477 g/mol. The number of imide groups is 1. The van der Waals surface area contributed by atoms with Crippen LogP contribution >= 0.6 is 0 Å². The van der Waals surface area contributed by atoms with E-state index in [1.807, 2.05) is 12.1 Å². The van der Waals surface area contributed by atoms with Crippen LogP contribution in [0.15, 0.2) is 60.7 Å². The van der Waals surface area contributed by atoms with Crippen molar-refractivity contribution in [3.63, 3.8) is 0 Å². The highest BCUT2D eigenvalue weighted by atomic mass is 19.1. The zero-order valence-electron chi connectivity index (χ0n) is 19.2. The summed E-state index contributed by atoms with van der Waals surface area (Å²) in [6, 6.07) is 15.2. The molecule has 0 bridgehead atoms. The summed E-state index contributed by atoms with van der Waals surface area (Å²) >= 11 is 0. The number of hydrogen-bond donors (Lipinski definition) is 2. The molecule has 35 heavy (non-hydrogen) atoms. The maximum absolute atomic E-state index is 13.7. The third kappa shape index (κ3) is 4.96. The van der Waals surface area contributed by atoms with Crippen molar-refractivity contribution in [1.82, 2.24) is 20.4 Å². The summed E-state index contributed by atoms with van der Waals surface area (Å²) in [7, 11) is 1.57. The Hall–Kier alpha value is -4.34. The van der Waals surface area contributed by atoms with Crippen LogP contribution in [0.3, 0.4) is 0 Å². The average Bonchev–Trinajstić information content (AvgIpc) is 3.09. The van der Waals surface area contributed by atoms with Gasteiger partial charge in [-0.25, -0.2) is 9.18 Å². The predicted molar refractivity (Wildman–Crippen MR) is 125 cm³/mol. The van der Waals surface area contributed by atoms with Crippen LogP contribution in [0.2, 0.25) is 0 Å². The fourth-order valence-corrected chi connectivity index (χ4v) is 4.06. The number of methoxy groups -OCH3 is 1. The van der Waals surface area contributed by atoms with Crippen molar-refractivity contribution in [3.05, 3.63) is 83.3 Å². The van der Waals surface area contributed by atoms with Gasteiger partial charge in [-0.05, 0) is 60.9 Å². The van der Waals surface area contributed by atoms with Crippen molar-refractivity contribution >= 4 is 23.7 Å². The topological polar surface area (TPSA) is 114 Å². The third-order valence-electron chi connectivity index (χ3n) is 5.89. The molecule has 1 saturated heterocycles. The SMILES string of the molecule is COc1ccc(CCN2C(=O)NC(=O)C2(CC(=O)Nc2ccc(C)nn2)c2ccc(F)cc2)cc1. The molecule has 1 aliphatic rings. The number of carbonyl (C=O) groups is 3. The molecule has 2 heterocycles. The number of nitrogens with zero attached hydrogens (tertiary/aromatic N) is 3. The highest BCUT2D eigenvalue weighted by Gasteiger charge is 2.55. The van der Waals surface area contributed by atoms with Gasteiger partial charge < -0.3 is 15.0 Å². The number of benzene rings is 2. The lowest BCUT2D eigenvalue weighted by molar-refractivity contribution is -0.131. The van der Waals surface area contributed by atoms with Crippen LogP contribution in [0.5, 0.6) is 5.75 Å². The summed E-state index contributed by atoms with van der Waals surface area (Å²) in [6.07, 6.45) is 0.0209. The van der Waals surface area contributed by atoms with Crippen LogP contribution in [-0.2, 0) is 21.5 Å². The minimum absolute atomic E-state index is 0.138. The van der Waals surface area contributed by atoms with Crippen molar-refractivity contribution in [1.29, 1.82) is 0 Å². The molecule has 0 spiro atoms. The summed E-state index contributed by atoms with van der Waals surface area (Å²) in [5.41, 5.74) is 0.239. The molecule has 0 saturated carbocycles. The molecule has 4 amide bonds. The zero-order chi connectivity index (χ0) is 25.0. The van der Waals surface area contributed by atoms with E-state index in [2.05, 4.69) is 20.8 Å². The molecule has 1 atom stereocenters. The van der Waals surface area contributed by atoms with Crippen molar-refractivity contribution in [3.8, 4) is 5.75 Å². The monoisotopic (exact) mass is 477 g/mol. The van der Waals surface area contributed by atoms with E-state index in [4.69, 9.17) is 4.74 Å². The van der Waals surface area contributed by atoms with Crippen molar-refractivity contribution < 1.29 is 23.5 Å². The molecule has 1 aromatic heterocycles. The van der Waals surface area contributed by atoms with Gasteiger partial charge in [0.05, 0.1) is 19.2 Å². The molecule has 180 valence electrons. The molecular formula is C25H24FN5O4. The summed E-state index contributed by atoms with van der Waals surface area (Å²) < 4.78 is 18.9. The Morgan fingerprint density at radius 3 is 2.40 bits per heavy atom. The Kier molecular flexibility index (Phi) is 6.72. The van der Waals surface area contributed by atoms with Crippen molar-refractivity contribution in [2.24, 2.45) is 0 Å². The smallest absolute Gasteiger partial charge is 0.325 e. The van der Waals surface area contributed by atoms with Crippen LogP contribution in [0.4, 0.5) is 15.0 Å². The second-order valence-corrected chi connectivity index (χ2v) is 8.16. The summed E-state index contributed by atoms with van der Waals surface area (Å²) in [4.78, 5) is 40.5. The zero-order valence-corrected chi connectivity index (χ0v) is 19.2. The number of amides is 4. The molecule has 10 heteroatoms. The third-order valence-corrected chi connectivity index (χ3v) is 5.89. The van der Waals surface area contributed by atoms with Crippen LogP contribution in [0.25, 0.3) is 0 Å². The molecule has 0 aliphatic carbocycles. The van der Waals surface area contributed by atoms with E-state index in [0.717, 1.165) is 5.56 Å². The fraction of sp³-hybridized carbons (Fsp3) is 0.240. The number of halogens is 1. The minimum atomic E-state index is -1.67. The number of nitrogens with one attached hydrogen (secondary N) is 2. The van der Waals surface area contributed by atoms with Gasteiger partial charge in [0, 0.05) is 6.54 Å². The first-order chi connectivity index (χ1) is 16.8. The molecular weight excluding hydrogens is 453 g/mol. The first-order valence-corrected chi connectivity index (χ1v) is 10.9. The normalized spacial score (nSPS) is 17.3. The molecule has 2 aromatic carbocycles. The minimum Gasteiger partial charge on any atom is -0.497 e. The lowest BCUT2D eigenvalue weighted by Gasteiger charge is -2.35. The van der Waals surface area contributed by atoms with E-state index in [1.165, 1.54) is 29.2 Å². The fourth-order valence-electron chi connectivity index (χ4n) is 4.06. The number of aryl methyl sites for hydroxylation is 1. The van der Waals surface area contributed by atoms with Crippen molar-refractivity contribution in [2.75, 3.05) is 19.0 Å². The first kappa shape index (κ1) is 23.8. The van der Waals surface area contributed by atoms with Gasteiger partial charge in [-0.1, -0.05) is 24.3 Å². The van der Waals surface area contributed by atoms with Crippen LogP contribution in [0, 0.1) is 12.7 Å². The second-order valence-electron chi connectivity index (χ2n) is 8.16. The standard InChI is InChI=1S/C25H24FN5O4/c1-16-3-12-21(30-29-16)27-22(32)15-25(18-6-8-19(26)9-7-18)23(33)28-24(34)31(25)14-13-17-4-10-20(35-2)11-5-17/h3-12H,13-15H2,1-2H3,(H,27,30,32)(H,28,33,34). The quantitative estimate of drug-likeness (QED) is 0.483. The maximum atomic E-state index is 13.7. The van der Waals surface area contributed by atoms with Gasteiger partial charge in [0.15, 0.2) is 11.4 Å². The number of anilines is 1. The highest BCUT2D eigenvalue weighted by Crippen LogP contribution is 2.37. The van der Waals surface area contributed by atoms with E-state index < -0.39 is 35.6 Å². The van der Waals surface area contributed by atoms with Crippen LogP contribution in [0.1, 0.15) is 23.2 Å². The molecule has 3 aromatic rings. The number of ether oxygens (including phenoxy) is 1. The lowest BCUT2D eigenvalue weighted by Crippen LogP contribution is -2.50. The summed E-state index contributed by atoms with van der Waals surface area (Å²) in [5, 5.41) is 12.8. The second kappa shape index (κ2) is 9.88. The summed E-state index contributed by atoms with van der Waals surface area (Å²) in [5.74, 6) is -0.803. The van der Waals surface area contributed by atoms with Gasteiger partial charge in [0.2, 0.25) is 5.91 Å². The van der Waals surface area contributed by atoms with Gasteiger partial charge in [-0.2, -0.15) is 5.10 Å². The van der Waals surface area contributed by atoms with Crippen LogP contribution in [-0.4, -0.2) is 46.6 Å². The van der Waals surface area contributed by atoms with E-state index in [0.29, 0.717) is 23.4 Å². The van der Waals surface area contributed by atoms with Gasteiger partial charge in [0.25, 0.3) is 5.91 Å². The van der Waals surface area contributed by atoms with Gasteiger partial charge in [0.1, 0.15) is 11.6 Å². The van der Waals surface area contributed by atoms with Crippen molar-refractivity contribution in [2.45, 2.75) is 25.3 Å². The van der Waals surface area contributed by atoms with E-state index >= 15 is 0 Å². The Balaban J connectivity index is 1.65. The molecule has 1 fully saturated rings. The van der Waals surface area contributed by atoms with Gasteiger partial charge >= 0.3 is 6.03 Å². The Morgan fingerprint density at radius 2 is 1.77 bits per heavy atom. The molecule has 1 aliphatic heterocycles. The Bertz CT molecular complexity index is 1230. The van der Waals surface area contributed by atoms with E-state index in [-0.39, 0.29) is 12.4 Å². The maximum Gasteiger partial charge on any atom is 0.325 e. The highest BCUT2D eigenvalue weighted by molar-refractivity contribution is 6.10. The number of aromatic nitrogens is 2. The number of hydrogen-bond acceptors (Lipinski definition) is 6. The van der Waals surface area contributed by atoms with Gasteiger partial charge in [-0.15, -0.1) is 5.10 Å². The Morgan fingerprint density at radius 1 is 1.06 bits per heavy atom. The molecule has 4 rings (SSSR count). The van der Waals surface area contributed by atoms with E-state index in [1.54, 1.807) is 38.3 Å². The number of urea groups is 1. The van der Waals surface area contributed by atoms with Crippen LogP contribution < -0.4 is 15.4 Å². The first-order valence-electron chi connectivity index (χ1n) is 10.9. The lowest BCUT2D eigenvalue weighted by atomic mass is 9.84. The largest absolute Gasteiger partial charge is 0.497 e. The van der Waals surface area contributed by atoms with Gasteiger partial charge in [-0.3, -0.25) is 14.9 Å². The molecule has 1 unspecified atom stereocenters. The molecule has 0 radical (unpaired) electrons. The number of carbonyl (C=O) groups excluding carboxylic acids is 3. The summed E-state index contributed by atoms with van der Waals surface area (Å²) in [6.45, 7) is 1.90. The Labute approximate surface area is 201 Å². The van der Waals surface area contributed by atoms with E-state index in [9.17, 15) is 18.8 Å². The molecule has 2 N–H and O–H groups in total. The molecule has 9 nitrogen and oxygen atoms in total. The number of rotatable bonds is 8. The predicted octanol–water partition coefficient (Wildman–Crippen LogP) is 2.95.